The minimum atomic E-state index is -4.62. The molecule has 35 heavy (non-hydrogen) atoms. The van der Waals surface area contributed by atoms with E-state index in [-0.39, 0.29) is 23.1 Å². The van der Waals surface area contributed by atoms with Crippen molar-refractivity contribution in [1.29, 1.82) is 0 Å². The van der Waals surface area contributed by atoms with Gasteiger partial charge in [0.25, 0.3) is 0 Å². The van der Waals surface area contributed by atoms with Gasteiger partial charge in [-0.15, -0.1) is 8.78 Å². The van der Waals surface area contributed by atoms with Crippen LogP contribution in [0.5, 0.6) is 17.2 Å². The van der Waals surface area contributed by atoms with E-state index in [1.165, 1.54) is 6.08 Å². The smallest absolute Gasteiger partial charge is 0.487 e. The number of hydrogen-bond donors (Lipinski definition) is 0. The van der Waals surface area contributed by atoms with E-state index in [1.54, 1.807) is 0 Å². The summed E-state index contributed by atoms with van der Waals surface area (Å²) in [6.07, 6.45) is -3.50. The van der Waals surface area contributed by atoms with Crippen molar-refractivity contribution < 1.29 is 49.3 Å². The summed E-state index contributed by atoms with van der Waals surface area (Å²) < 4.78 is 125. The van der Waals surface area contributed by atoms with Crippen LogP contribution in [0.4, 0.5) is 35.1 Å². The fourth-order valence-electron chi connectivity index (χ4n) is 3.54. The summed E-state index contributed by atoms with van der Waals surface area (Å²) in [6, 6.07) is 5.59. The van der Waals surface area contributed by atoms with Crippen LogP contribution < -0.4 is 14.2 Å². The van der Waals surface area contributed by atoms with Crippen LogP contribution in [-0.2, 0) is 6.42 Å². The fourth-order valence-corrected chi connectivity index (χ4v) is 3.54. The lowest BCUT2D eigenvalue weighted by Crippen LogP contribution is -2.32. The molecule has 11 heteroatoms. The van der Waals surface area contributed by atoms with Crippen molar-refractivity contribution in [1.82, 2.24) is 0 Å². The number of alkyl halides is 3. The molecule has 0 bridgehead atoms. The zero-order chi connectivity index (χ0) is 25.3. The Balaban J connectivity index is 1.56. The minimum Gasteiger partial charge on any atom is -0.487 e. The first kappa shape index (κ1) is 24.4. The topological polar surface area (TPSA) is 27.7 Å². The first-order chi connectivity index (χ1) is 16.6. The molecule has 0 saturated heterocycles. The predicted molar refractivity (Wildman–Crippen MR) is 108 cm³/mol. The molecular formula is C24H14F8O3. The third kappa shape index (κ3) is 5.18. The summed E-state index contributed by atoms with van der Waals surface area (Å²) in [7, 11) is 0. The van der Waals surface area contributed by atoms with Gasteiger partial charge in [0.05, 0.1) is 0 Å². The molecule has 3 nitrogen and oxygen atoms in total. The monoisotopic (exact) mass is 502 g/mol. The van der Waals surface area contributed by atoms with Gasteiger partial charge < -0.3 is 14.2 Å². The average molecular weight is 502 g/mol. The number of hydrogen-bond acceptors (Lipinski definition) is 3. The first-order valence-corrected chi connectivity index (χ1v) is 9.99. The standard InChI is InChI=1S/C24H14F8O3/c25-4-5-33-21-3-1-2-16(26)23(21)35-24(31,32)34-15-10-19(29)22(20(30)11-15)14-6-12-8-17(27)18(28)9-13(12)7-14/h1-3,6,8-11H,4-5,7H2. The van der Waals surface area contributed by atoms with Crippen LogP contribution in [0.1, 0.15) is 16.7 Å². The molecule has 0 saturated carbocycles. The summed E-state index contributed by atoms with van der Waals surface area (Å²) in [4.78, 5) is 0. The van der Waals surface area contributed by atoms with Crippen LogP contribution in [0.25, 0.3) is 11.6 Å². The van der Waals surface area contributed by atoms with E-state index in [0.717, 1.165) is 30.3 Å². The highest BCUT2D eigenvalue weighted by Gasteiger charge is 2.39. The van der Waals surface area contributed by atoms with Gasteiger partial charge in [-0.05, 0) is 47.4 Å². The van der Waals surface area contributed by atoms with Crippen molar-refractivity contribution in [2.24, 2.45) is 0 Å². The van der Waals surface area contributed by atoms with Crippen molar-refractivity contribution >= 4 is 11.6 Å². The van der Waals surface area contributed by atoms with Crippen molar-refractivity contribution in [3.05, 3.63) is 88.2 Å². The normalized spacial score (nSPS) is 12.9. The Hall–Kier alpha value is -3.76. The second-order valence-electron chi connectivity index (χ2n) is 7.35. The van der Waals surface area contributed by atoms with Gasteiger partial charge in [-0.3, -0.25) is 0 Å². The molecule has 0 spiro atoms. The number of rotatable bonds is 8. The lowest BCUT2D eigenvalue weighted by molar-refractivity contribution is -0.309. The first-order valence-electron chi connectivity index (χ1n) is 9.99. The highest BCUT2D eigenvalue weighted by molar-refractivity contribution is 5.89. The van der Waals surface area contributed by atoms with E-state index in [2.05, 4.69) is 9.47 Å². The molecule has 1 aliphatic carbocycles. The molecule has 0 atom stereocenters. The molecule has 0 aliphatic heterocycles. The van der Waals surface area contributed by atoms with E-state index >= 15 is 0 Å². The number of benzene rings is 3. The Labute approximate surface area is 193 Å². The highest BCUT2D eigenvalue weighted by Crippen LogP contribution is 2.38. The van der Waals surface area contributed by atoms with E-state index in [9.17, 15) is 35.1 Å². The minimum absolute atomic E-state index is 0.0237. The quantitative estimate of drug-likeness (QED) is 0.250. The maximum Gasteiger partial charge on any atom is 0.586 e. The van der Waals surface area contributed by atoms with E-state index in [1.807, 2.05) is 0 Å². The van der Waals surface area contributed by atoms with Gasteiger partial charge in [-0.25, -0.2) is 26.3 Å². The molecule has 0 N–H and O–H groups in total. The van der Waals surface area contributed by atoms with Crippen molar-refractivity contribution in [3.8, 4) is 17.2 Å². The van der Waals surface area contributed by atoms with Gasteiger partial charge in [0.15, 0.2) is 23.2 Å². The van der Waals surface area contributed by atoms with Gasteiger partial charge in [0, 0.05) is 17.7 Å². The van der Waals surface area contributed by atoms with Crippen LogP contribution in [0.2, 0.25) is 0 Å². The van der Waals surface area contributed by atoms with Crippen molar-refractivity contribution in [3.63, 3.8) is 0 Å². The molecular weight excluding hydrogens is 488 g/mol. The Morgan fingerprint density at radius 1 is 0.800 bits per heavy atom. The molecule has 0 heterocycles. The molecule has 0 unspecified atom stereocenters. The summed E-state index contributed by atoms with van der Waals surface area (Å²) in [6.45, 7) is -1.55. The second kappa shape index (κ2) is 9.47. The zero-order valence-electron chi connectivity index (χ0n) is 17.5. The lowest BCUT2D eigenvalue weighted by atomic mass is 10.0. The Bertz CT molecular complexity index is 1280. The predicted octanol–water partition coefficient (Wildman–Crippen LogP) is 6.84. The van der Waals surface area contributed by atoms with E-state index in [0.29, 0.717) is 12.1 Å². The molecule has 3 aromatic rings. The average Bonchev–Trinajstić information content (AvgIpc) is 3.15. The Kier molecular flexibility index (Phi) is 6.60. The highest BCUT2D eigenvalue weighted by atomic mass is 19.3. The van der Waals surface area contributed by atoms with Crippen LogP contribution >= 0.6 is 0 Å². The molecule has 0 radical (unpaired) electrons. The molecule has 0 aromatic heterocycles. The molecule has 1 aliphatic rings. The number of para-hydroxylation sites is 1. The van der Waals surface area contributed by atoms with Crippen molar-refractivity contribution in [2.75, 3.05) is 13.3 Å². The molecule has 0 amide bonds. The number of ether oxygens (including phenoxy) is 3. The molecule has 184 valence electrons. The van der Waals surface area contributed by atoms with Gasteiger partial charge in [-0.2, -0.15) is 0 Å². The van der Waals surface area contributed by atoms with E-state index in [4.69, 9.17) is 4.74 Å². The Morgan fingerprint density at radius 3 is 2.17 bits per heavy atom. The third-order valence-corrected chi connectivity index (χ3v) is 4.95. The maximum atomic E-state index is 14.7. The zero-order valence-corrected chi connectivity index (χ0v) is 17.5. The number of allylic oxidation sites excluding steroid dienone is 1. The van der Waals surface area contributed by atoms with Gasteiger partial charge in [-0.1, -0.05) is 12.1 Å². The summed E-state index contributed by atoms with van der Waals surface area (Å²) in [5.41, 5.74) is -0.0764. The lowest BCUT2D eigenvalue weighted by Gasteiger charge is -2.20. The van der Waals surface area contributed by atoms with Crippen LogP contribution in [0, 0.1) is 29.1 Å². The fraction of sp³-hybridized carbons (Fsp3) is 0.167. The van der Waals surface area contributed by atoms with Gasteiger partial charge in [0.2, 0.25) is 5.75 Å². The van der Waals surface area contributed by atoms with Crippen LogP contribution in [-0.4, -0.2) is 19.6 Å². The van der Waals surface area contributed by atoms with Crippen LogP contribution in [0.15, 0.2) is 42.5 Å². The largest absolute Gasteiger partial charge is 0.586 e. The van der Waals surface area contributed by atoms with Gasteiger partial charge >= 0.3 is 6.29 Å². The molecule has 3 aromatic carbocycles. The molecule has 0 fully saturated rings. The summed E-state index contributed by atoms with van der Waals surface area (Å²) in [5, 5.41) is 0. The summed E-state index contributed by atoms with van der Waals surface area (Å²) >= 11 is 0. The van der Waals surface area contributed by atoms with Gasteiger partial charge in [0.1, 0.15) is 30.7 Å². The third-order valence-electron chi connectivity index (χ3n) is 4.95. The number of fused-ring (bicyclic) bond motifs is 1. The Morgan fingerprint density at radius 2 is 1.49 bits per heavy atom. The number of halogens is 8. The molecule has 4 rings (SSSR count). The maximum absolute atomic E-state index is 14.7. The van der Waals surface area contributed by atoms with Crippen LogP contribution in [0.3, 0.4) is 0 Å². The van der Waals surface area contributed by atoms with E-state index < -0.39 is 71.5 Å². The van der Waals surface area contributed by atoms with Crippen molar-refractivity contribution in [2.45, 2.75) is 12.7 Å². The summed E-state index contributed by atoms with van der Waals surface area (Å²) in [5.74, 6) is -8.78. The second-order valence-corrected chi connectivity index (χ2v) is 7.35. The SMILES string of the molecule is FCCOc1cccc(F)c1OC(F)(F)Oc1cc(F)c(C2=Cc3cc(F)c(F)cc3C2)c(F)c1.